The lowest BCUT2D eigenvalue weighted by Crippen LogP contribution is -2.66. The third kappa shape index (κ3) is 3.32. The molecule has 1 aliphatic heterocycles. The Morgan fingerprint density at radius 1 is 1.35 bits per heavy atom. The van der Waals surface area contributed by atoms with Gasteiger partial charge in [0.25, 0.3) is 0 Å². The van der Waals surface area contributed by atoms with Gasteiger partial charge in [0.1, 0.15) is 6.54 Å². The van der Waals surface area contributed by atoms with Crippen LogP contribution in [0.1, 0.15) is 51.9 Å². The van der Waals surface area contributed by atoms with Crippen LogP contribution in [0.15, 0.2) is 0 Å². The number of nitrogens with zero attached hydrogens (tertiary/aromatic N) is 1. The third-order valence-corrected chi connectivity index (χ3v) is 5.78. The van der Waals surface area contributed by atoms with E-state index in [1.165, 1.54) is 19.3 Å². The average molecular weight is 323 g/mol. The molecule has 1 spiro atoms. The monoisotopic (exact) mass is 323 g/mol. The van der Waals surface area contributed by atoms with Gasteiger partial charge >= 0.3 is 6.03 Å². The van der Waals surface area contributed by atoms with Crippen LogP contribution in [0.3, 0.4) is 0 Å². The second-order valence-corrected chi connectivity index (χ2v) is 7.10. The lowest BCUT2D eigenvalue weighted by molar-refractivity contribution is -0.157. The van der Waals surface area contributed by atoms with E-state index in [9.17, 15) is 9.59 Å². The molecule has 0 unspecified atom stereocenters. The summed E-state index contributed by atoms with van der Waals surface area (Å²) >= 11 is 0. The zero-order chi connectivity index (χ0) is 16.3. The minimum atomic E-state index is -0.125. The lowest BCUT2D eigenvalue weighted by atomic mass is 9.55. The van der Waals surface area contributed by atoms with Crippen molar-refractivity contribution in [2.45, 2.75) is 64.0 Å². The van der Waals surface area contributed by atoms with Crippen molar-refractivity contribution < 1.29 is 14.3 Å². The van der Waals surface area contributed by atoms with E-state index in [2.05, 4.69) is 10.6 Å². The minimum absolute atomic E-state index is 0.0352. The molecule has 23 heavy (non-hydrogen) atoms. The largest absolute Gasteiger partial charge is 0.378 e. The van der Waals surface area contributed by atoms with Crippen molar-refractivity contribution in [2.75, 3.05) is 26.2 Å². The molecule has 0 radical (unpaired) electrons. The van der Waals surface area contributed by atoms with Crippen molar-refractivity contribution >= 4 is 11.9 Å². The van der Waals surface area contributed by atoms with Gasteiger partial charge in [-0.25, -0.2) is 4.79 Å². The fraction of sp³-hybridized carbons (Fsp3) is 0.882. The summed E-state index contributed by atoms with van der Waals surface area (Å²) in [5.74, 6) is -0.0352. The quantitative estimate of drug-likeness (QED) is 0.808. The first kappa shape index (κ1) is 16.6. The number of ether oxygens (including phenoxy) is 1. The van der Waals surface area contributed by atoms with E-state index in [1.807, 2.05) is 6.92 Å². The van der Waals surface area contributed by atoms with Crippen molar-refractivity contribution in [3.05, 3.63) is 0 Å². The number of hydrogen-bond acceptors (Lipinski definition) is 3. The predicted molar refractivity (Wildman–Crippen MR) is 87.1 cm³/mol. The number of rotatable bonds is 5. The number of urea groups is 1. The van der Waals surface area contributed by atoms with Crippen LogP contribution in [0.2, 0.25) is 0 Å². The van der Waals surface area contributed by atoms with Gasteiger partial charge in [0.15, 0.2) is 0 Å². The Balaban J connectivity index is 1.56. The standard InChI is InChI=1S/C17H29N3O3/c1-2-23-14-11-13(17(14)7-4-3-5-8-17)19-15(21)12-20-10-6-9-18-16(20)22/h13-14H,2-12H2,1H3,(H,18,22)(H,19,21)/t13-,14-/m1/s1. The average Bonchev–Trinajstić information content (AvgIpc) is 2.57. The zero-order valence-corrected chi connectivity index (χ0v) is 14.1. The first-order chi connectivity index (χ1) is 11.2. The molecule has 0 aromatic carbocycles. The molecule has 3 rings (SSSR count). The molecule has 3 amide bonds. The second kappa shape index (κ2) is 7.07. The Morgan fingerprint density at radius 3 is 2.83 bits per heavy atom. The molecule has 0 bridgehead atoms. The SMILES string of the molecule is CCO[C@@H]1C[C@@H](NC(=O)CN2CCCNC2=O)C12CCCCC2. The van der Waals surface area contributed by atoms with E-state index in [0.29, 0.717) is 13.1 Å². The van der Waals surface area contributed by atoms with Crippen molar-refractivity contribution in [1.82, 2.24) is 15.5 Å². The molecular weight excluding hydrogens is 294 g/mol. The van der Waals surface area contributed by atoms with Crippen molar-refractivity contribution in [3.63, 3.8) is 0 Å². The molecule has 3 aliphatic rings. The van der Waals surface area contributed by atoms with E-state index in [4.69, 9.17) is 4.74 Å². The normalized spacial score (nSPS) is 29.8. The van der Waals surface area contributed by atoms with Gasteiger partial charge in [0, 0.05) is 31.2 Å². The summed E-state index contributed by atoms with van der Waals surface area (Å²) in [6, 6.07) is 0.0827. The Morgan fingerprint density at radius 2 is 2.13 bits per heavy atom. The maximum atomic E-state index is 12.4. The van der Waals surface area contributed by atoms with Gasteiger partial charge in [-0.3, -0.25) is 4.79 Å². The van der Waals surface area contributed by atoms with Crippen LogP contribution in [-0.2, 0) is 9.53 Å². The minimum Gasteiger partial charge on any atom is -0.378 e. The van der Waals surface area contributed by atoms with Crippen molar-refractivity contribution in [2.24, 2.45) is 5.41 Å². The smallest absolute Gasteiger partial charge is 0.317 e. The Labute approximate surface area is 138 Å². The van der Waals surface area contributed by atoms with E-state index >= 15 is 0 Å². The molecule has 2 atom stereocenters. The molecule has 1 saturated heterocycles. The maximum Gasteiger partial charge on any atom is 0.317 e. The number of hydrogen-bond donors (Lipinski definition) is 2. The van der Waals surface area contributed by atoms with E-state index in [-0.39, 0.29) is 36.0 Å². The molecule has 2 aliphatic carbocycles. The molecule has 0 aromatic rings. The molecule has 2 N–H and O–H groups in total. The molecule has 2 saturated carbocycles. The highest BCUT2D eigenvalue weighted by atomic mass is 16.5. The van der Waals surface area contributed by atoms with E-state index < -0.39 is 0 Å². The van der Waals surface area contributed by atoms with Gasteiger partial charge in [-0.1, -0.05) is 19.3 Å². The highest BCUT2D eigenvalue weighted by molar-refractivity contribution is 5.84. The first-order valence-corrected chi connectivity index (χ1v) is 9.09. The predicted octanol–water partition coefficient (Wildman–Crippen LogP) is 1.65. The molecular formula is C17H29N3O3. The highest BCUT2D eigenvalue weighted by Gasteiger charge is 2.56. The topological polar surface area (TPSA) is 70.7 Å². The second-order valence-electron chi connectivity index (χ2n) is 7.10. The molecule has 6 nitrogen and oxygen atoms in total. The van der Waals surface area contributed by atoms with E-state index in [1.54, 1.807) is 4.90 Å². The molecule has 3 fully saturated rings. The lowest BCUT2D eigenvalue weighted by Gasteiger charge is -2.57. The summed E-state index contributed by atoms with van der Waals surface area (Å²) in [5, 5.41) is 5.98. The Kier molecular flexibility index (Phi) is 5.09. The number of nitrogens with one attached hydrogen (secondary N) is 2. The first-order valence-electron chi connectivity index (χ1n) is 9.09. The highest BCUT2D eigenvalue weighted by Crippen LogP contribution is 2.53. The fourth-order valence-electron chi connectivity index (χ4n) is 4.51. The number of carbonyl (C=O) groups is 2. The summed E-state index contributed by atoms with van der Waals surface area (Å²) in [6.45, 7) is 4.31. The van der Waals surface area contributed by atoms with Crippen LogP contribution < -0.4 is 10.6 Å². The van der Waals surface area contributed by atoms with Gasteiger partial charge < -0.3 is 20.3 Å². The van der Waals surface area contributed by atoms with Gasteiger partial charge in [-0.15, -0.1) is 0 Å². The van der Waals surface area contributed by atoms with Gasteiger partial charge in [-0.2, -0.15) is 0 Å². The number of amides is 3. The Hall–Kier alpha value is -1.30. The molecule has 1 heterocycles. The summed E-state index contributed by atoms with van der Waals surface area (Å²) in [5.41, 5.74) is 0.133. The van der Waals surface area contributed by atoms with Crippen LogP contribution in [0.5, 0.6) is 0 Å². The van der Waals surface area contributed by atoms with Gasteiger partial charge in [-0.05, 0) is 32.6 Å². The summed E-state index contributed by atoms with van der Waals surface area (Å²) in [6.07, 6.45) is 8.13. The molecule has 6 heteroatoms. The van der Waals surface area contributed by atoms with Gasteiger partial charge in [0.2, 0.25) is 5.91 Å². The Bertz CT molecular complexity index is 448. The van der Waals surface area contributed by atoms with Crippen LogP contribution in [0.4, 0.5) is 4.79 Å². The van der Waals surface area contributed by atoms with Crippen molar-refractivity contribution in [1.29, 1.82) is 0 Å². The molecule has 0 aromatic heterocycles. The fourth-order valence-corrected chi connectivity index (χ4v) is 4.51. The van der Waals surface area contributed by atoms with Crippen molar-refractivity contribution in [3.8, 4) is 0 Å². The van der Waals surface area contributed by atoms with Crippen LogP contribution in [0, 0.1) is 5.41 Å². The third-order valence-electron chi connectivity index (χ3n) is 5.78. The summed E-state index contributed by atoms with van der Waals surface area (Å²) in [7, 11) is 0. The zero-order valence-electron chi connectivity index (χ0n) is 14.1. The van der Waals surface area contributed by atoms with Crippen LogP contribution in [-0.4, -0.2) is 55.2 Å². The van der Waals surface area contributed by atoms with Crippen LogP contribution in [0.25, 0.3) is 0 Å². The van der Waals surface area contributed by atoms with Crippen LogP contribution >= 0.6 is 0 Å². The van der Waals surface area contributed by atoms with E-state index in [0.717, 1.165) is 32.3 Å². The summed E-state index contributed by atoms with van der Waals surface area (Å²) in [4.78, 5) is 25.7. The molecule has 130 valence electrons. The maximum absolute atomic E-state index is 12.4. The summed E-state index contributed by atoms with van der Waals surface area (Å²) < 4.78 is 5.92. The number of carbonyl (C=O) groups excluding carboxylic acids is 2. The van der Waals surface area contributed by atoms with Gasteiger partial charge in [0.05, 0.1) is 6.10 Å².